The Hall–Kier alpha value is -2.43. The Bertz CT molecular complexity index is 674. The van der Waals surface area contributed by atoms with E-state index in [1.165, 1.54) is 17.0 Å². The second-order valence-electron chi connectivity index (χ2n) is 5.09. The van der Waals surface area contributed by atoms with Crippen molar-refractivity contribution in [3.05, 3.63) is 46.8 Å². The highest BCUT2D eigenvalue weighted by atomic mass is 16.5. The molecule has 0 aliphatic heterocycles. The monoisotopic (exact) mass is 287 g/mol. The van der Waals surface area contributed by atoms with Crippen LogP contribution in [0.2, 0.25) is 0 Å². The lowest BCUT2D eigenvalue weighted by atomic mass is 10.1. The number of hydrogen-bond acceptors (Lipinski definition) is 3. The maximum Gasteiger partial charge on any atom is 0.248 e. The molecule has 0 aliphatic rings. The number of nitrogens with zero attached hydrogens (tertiary/aromatic N) is 1. The molecule has 0 saturated carbocycles. The highest BCUT2D eigenvalue weighted by molar-refractivity contribution is 5.94. The normalized spacial score (nSPS) is 10.5. The quantitative estimate of drug-likeness (QED) is 0.887. The standard InChI is InChI=1S/C16H21N3O2/c1-10-7-13(11(2)19(10)3)9-18-14-8-12(16(17)20)5-6-15(14)21-4/h5-8,18H,9H2,1-4H3,(H2,17,20). The van der Waals surface area contributed by atoms with Crippen molar-refractivity contribution in [2.45, 2.75) is 20.4 Å². The number of nitrogens with one attached hydrogen (secondary N) is 1. The average molecular weight is 287 g/mol. The first-order valence-electron chi connectivity index (χ1n) is 6.77. The van der Waals surface area contributed by atoms with Crippen LogP contribution in [0.1, 0.15) is 27.3 Å². The third kappa shape index (κ3) is 3.02. The summed E-state index contributed by atoms with van der Waals surface area (Å²) in [5, 5.41) is 3.31. The Morgan fingerprint density at radius 1 is 1.33 bits per heavy atom. The molecule has 21 heavy (non-hydrogen) atoms. The molecule has 0 spiro atoms. The maximum absolute atomic E-state index is 11.3. The number of aromatic nitrogens is 1. The van der Waals surface area contributed by atoms with Crippen LogP contribution in [0.4, 0.5) is 5.69 Å². The second kappa shape index (κ2) is 5.91. The van der Waals surface area contributed by atoms with Crippen molar-refractivity contribution < 1.29 is 9.53 Å². The predicted molar refractivity (Wildman–Crippen MR) is 83.7 cm³/mol. The van der Waals surface area contributed by atoms with Crippen LogP contribution in [0.5, 0.6) is 5.75 Å². The molecule has 0 atom stereocenters. The zero-order chi connectivity index (χ0) is 15.6. The summed E-state index contributed by atoms with van der Waals surface area (Å²) in [7, 11) is 3.64. The van der Waals surface area contributed by atoms with Gasteiger partial charge in [0.15, 0.2) is 0 Å². The molecule has 0 saturated heterocycles. The fourth-order valence-electron chi connectivity index (χ4n) is 2.30. The number of carbonyl (C=O) groups excluding carboxylic acids is 1. The minimum atomic E-state index is -0.451. The third-order valence-electron chi connectivity index (χ3n) is 3.83. The zero-order valence-electron chi connectivity index (χ0n) is 12.9. The van der Waals surface area contributed by atoms with Crippen LogP contribution in [-0.4, -0.2) is 17.6 Å². The Morgan fingerprint density at radius 3 is 2.57 bits per heavy atom. The third-order valence-corrected chi connectivity index (χ3v) is 3.83. The lowest BCUT2D eigenvalue weighted by Crippen LogP contribution is -2.12. The summed E-state index contributed by atoms with van der Waals surface area (Å²) in [6, 6.07) is 7.26. The van der Waals surface area contributed by atoms with Gasteiger partial charge in [-0.25, -0.2) is 0 Å². The summed E-state index contributed by atoms with van der Waals surface area (Å²) in [6.07, 6.45) is 0. The minimum absolute atomic E-state index is 0.451. The summed E-state index contributed by atoms with van der Waals surface area (Å²) < 4.78 is 7.45. The van der Waals surface area contributed by atoms with Crippen LogP contribution in [0, 0.1) is 13.8 Å². The van der Waals surface area contributed by atoms with Crippen LogP contribution in [0.15, 0.2) is 24.3 Å². The number of anilines is 1. The number of rotatable bonds is 5. The number of primary amides is 1. The van der Waals surface area contributed by atoms with Crippen LogP contribution >= 0.6 is 0 Å². The van der Waals surface area contributed by atoms with Gasteiger partial charge in [0.25, 0.3) is 0 Å². The molecule has 1 aromatic heterocycles. The number of carbonyl (C=O) groups is 1. The van der Waals surface area contributed by atoms with Crippen LogP contribution in [0.25, 0.3) is 0 Å². The molecule has 1 aromatic carbocycles. The molecule has 0 unspecified atom stereocenters. The summed E-state index contributed by atoms with van der Waals surface area (Å²) >= 11 is 0. The molecule has 1 heterocycles. The Kier molecular flexibility index (Phi) is 4.21. The van der Waals surface area contributed by atoms with Gasteiger partial charge < -0.3 is 20.4 Å². The van der Waals surface area contributed by atoms with Gasteiger partial charge in [-0.3, -0.25) is 4.79 Å². The number of methoxy groups -OCH3 is 1. The second-order valence-corrected chi connectivity index (χ2v) is 5.09. The van der Waals surface area contributed by atoms with E-state index in [2.05, 4.69) is 29.8 Å². The molecule has 0 radical (unpaired) electrons. The van der Waals surface area contributed by atoms with E-state index in [-0.39, 0.29) is 0 Å². The van der Waals surface area contributed by atoms with Gasteiger partial charge in [-0.1, -0.05) is 0 Å². The molecule has 3 N–H and O–H groups in total. The zero-order valence-corrected chi connectivity index (χ0v) is 12.9. The predicted octanol–water partition coefficient (Wildman–Crippen LogP) is 2.36. The molecule has 5 nitrogen and oxygen atoms in total. The van der Waals surface area contributed by atoms with Gasteiger partial charge >= 0.3 is 0 Å². The van der Waals surface area contributed by atoms with Gasteiger partial charge in [-0.15, -0.1) is 0 Å². The van der Waals surface area contributed by atoms with E-state index < -0.39 is 5.91 Å². The van der Waals surface area contributed by atoms with Gasteiger partial charge in [-0.2, -0.15) is 0 Å². The minimum Gasteiger partial charge on any atom is -0.495 e. The number of hydrogen-bond donors (Lipinski definition) is 2. The van der Waals surface area contributed by atoms with Crippen molar-refractivity contribution in [3.63, 3.8) is 0 Å². The lowest BCUT2D eigenvalue weighted by Gasteiger charge is -2.12. The maximum atomic E-state index is 11.3. The fourth-order valence-corrected chi connectivity index (χ4v) is 2.30. The van der Waals surface area contributed by atoms with Crippen molar-refractivity contribution in [1.29, 1.82) is 0 Å². The molecule has 112 valence electrons. The van der Waals surface area contributed by atoms with Gasteiger partial charge in [-0.05, 0) is 43.7 Å². The van der Waals surface area contributed by atoms with Crippen molar-refractivity contribution in [2.24, 2.45) is 12.8 Å². The molecule has 1 amide bonds. The molecule has 0 fully saturated rings. The van der Waals surface area contributed by atoms with Crippen molar-refractivity contribution >= 4 is 11.6 Å². The van der Waals surface area contributed by atoms with Gasteiger partial charge in [0.05, 0.1) is 12.8 Å². The topological polar surface area (TPSA) is 69.3 Å². The Labute approximate surface area is 124 Å². The summed E-state index contributed by atoms with van der Waals surface area (Å²) in [5.74, 6) is 0.234. The smallest absolute Gasteiger partial charge is 0.248 e. The van der Waals surface area contributed by atoms with E-state index >= 15 is 0 Å². The van der Waals surface area contributed by atoms with E-state index in [9.17, 15) is 4.79 Å². The number of benzene rings is 1. The van der Waals surface area contributed by atoms with Gasteiger partial charge in [0, 0.05) is 30.5 Å². The summed E-state index contributed by atoms with van der Waals surface area (Å²) in [5.41, 5.74) is 10.2. The summed E-state index contributed by atoms with van der Waals surface area (Å²) in [4.78, 5) is 11.3. The molecule has 2 rings (SSSR count). The van der Waals surface area contributed by atoms with E-state index in [1.54, 1.807) is 25.3 Å². The lowest BCUT2D eigenvalue weighted by molar-refractivity contribution is 0.100. The van der Waals surface area contributed by atoms with E-state index in [0.717, 1.165) is 5.69 Å². The van der Waals surface area contributed by atoms with Crippen LogP contribution in [0.3, 0.4) is 0 Å². The van der Waals surface area contributed by atoms with E-state index in [1.807, 2.05) is 7.05 Å². The molecule has 5 heteroatoms. The van der Waals surface area contributed by atoms with Crippen molar-refractivity contribution in [2.75, 3.05) is 12.4 Å². The molecule has 0 aliphatic carbocycles. The first-order valence-corrected chi connectivity index (χ1v) is 6.77. The molecular formula is C16H21N3O2. The van der Waals surface area contributed by atoms with E-state index in [0.29, 0.717) is 17.9 Å². The van der Waals surface area contributed by atoms with E-state index in [4.69, 9.17) is 10.5 Å². The average Bonchev–Trinajstić information content (AvgIpc) is 2.72. The molecule has 2 aromatic rings. The first kappa shape index (κ1) is 15.0. The fraction of sp³-hybridized carbons (Fsp3) is 0.312. The van der Waals surface area contributed by atoms with Gasteiger partial charge in [0.1, 0.15) is 5.75 Å². The highest BCUT2D eigenvalue weighted by Crippen LogP contribution is 2.26. The number of amides is 1. The Balaban J connectivity index is 2.24. The van der Waals surface area contributed by atoms with Crippen molar-refractivity contribution in [1.82, 2.24) is 4.57 Å². The van der Waals surface area contributed by atoms with Crippen molar-refractivity contribution in [3.8, 4) is 5.75 Å². The van der Waals surface area contributed by atoms with Crippen LogP contribution in [-0.2, 0) is 13.6 Å². The number of ether oxygens (including phenoxy) is 1. The number of aryl methyl sites for hydroxylation is 1. The highest BCUT2D eigenvalue weighted by Gasteiger charge is 2.10. The molecular weight excluding hydrogens is 266 g/mol. The largest absolute Gasteiger partial charge is 0.495 e. The SMILES string of the molecule is COc1ccc(C(N)=O)cc1NCc1cc(C)n(C)c1C. The Morgan fingerprint density at radius 2 is 2.05 bits per heavy atom. The number of nitrogens with two attached hydrogens (primary N) is 1. The summed E-state index contributed by atoms with van der Waals surface area (Å²) in [6.45, 7) is 4.82. The first-order chi connectivity index (χ1) is 9.93. The van der Waals surface area contributed by atoms with Gasteiger partial charge in [0.2, 0.25) is 5.91 Å². The molecule has 0 bridgehead atoms. The van der Waals surface area contributed by atoms with Crippen LogP contribution < -0.4 is 15.8 Å².